The molecule has 1 aromatic heterocycles. The smallest absolute Gasteiger partial charge is 0.279 e. The highest BCUT2D eigenvalue weighted by Crippen LogP contribution is 2.20. The fourth-order valence-corrected chi connectivity index (χ4v) is 5.03. The van der Waals surface area contributed by atoms with Crippen LogP contribution in [0.15, 0.2) is 45.7 Å². The van der Waals surface area contributed by atoms with Gasteiger partial charge < -0.3 is 4.57 Å². The molecule has 0 bridgehead atoms. The zero-order valence-electron chi connectivity index (χ0n) is 14.1. The summed E-state index contributed by atoms with van der Waals surface area (Å²) in [5.41, 5.74) is 0.378. The predicted molar refractivity (Wildman–Crippen MR) is 96.9 cm³/mol. The average molecular weight is 380 g/mol. The van der Waals surface area contributed by atoms with E-state index >= 15 is 0 Å². The van der Waals surface area contributed by atoms with Crippen molar-refractivity contribution in [1.29, 1.82) is 0 Å². The number of carbonyl (C=O) groups excluding carboxylic acids is 1. The van der Waals surface area contributed by atoms with Crippen molar-refractivity contribution in [2.45, 2.75) is 30.6 Å². The lowest BCUT2D eigenvalue weighted by atomic mass is 10.2. The molecule has 0 radical (unpaired) electrons. The SMILES string of the molecule is Cn1ccsc1=NC(=O)c1ccc(S(=O)(=O)N2CCCCCC2)cc1. The Balaban J connectivity index is 1.82. The molecule has 1 aromatic carbocycles. The largest absolute Gasteiger partial charge is 0.327 e. The Kier molecular flexibility index (Phi) is 5.51. The van der Waals surface area contributed by atoms with Gasteiger partial charge in [-0.1, -0.05) is 12.8 Å². The summed E-state index contributed by atoms with van der Waals surface area (Å²) >= 11 is 1.37. The van der Waals surface area contributed by atoms with Gasteiger partial charge in [0, 0.05) is 37.3 Å². The third kappa shape index (κ3) is 4.08. The first-order valence-electron chi connectivity index (χ1n) is 8.28. The molecule has 1 fully saturated rings. The van der Waals surface area contributed by atoms with Crippen molar-refractivity contribution in [1.82, 2.24) is 8.87 Å². The molecule has 1 saturated heterocycles. The lowest BCUT2D eigenvalue weighted by Gasteiger charge is -2.19. The van der Waals surface area contributed by atoms with E-state index in [2.05, 4.69) is 4.99 Å². The maximum atomic E-state index is 12.7. The summed E-state index contributed by atoms with van der Waals surface area (Å²) in [5, 5.41) is 1.85. The van der Waals surface area contributed by atoms with Gasteiger partial charge in [0.1, 0.15) is 0 Å². The summed E-state index contributed by atoms with van der Waals surface area (Å²) in [4.78, 5) is 17.1. The Labute approximate surface area is 151 Å². The standard InChI is InChI=1S/C17H21N3O3S2/c1-19-12-13-24-17(19)18-16(21)14-6-8-15(9-7-14)25(22,23)20-10-4-2-3-5-11-20/h6-9,12-13H,2-5,10-11H2,1H3. The van der Waals surface area contributed by atoms with E-state index in [1.54, 1.807) is 8.87 Å². The highest BCUT2D eigenvalue weighted by molar-refractivity contribution is 7.89. The minimum absolute atomic E-state index is 0.229. The minimum Gasteiger partial charge on any atom is -0.327 e. The number of hydrogen-bond acceptors (Lipinski definition) is 4. The summed E-state index contributed by atoms with van der Waals surface area (Å²) in [6.45, 7) is 1.13. The molecule has 1 aliphatic heterocycles. The first kappa shape index (κ1) is 18.0. The molecule has 0 atom stereocenters. The fourth-order valence-electron chi connectivity index (χ4n) is 2.79. The molecule has 2 aromatic rings. The zero-order valence-corrected chi connectivity index (χ0v) is 15.7. The number of aryl methyl sites for hydroxylation is 1. The molecule has 1 amide bonds. The molecular weight excluding hydrogens is 358 g/mol. The Morgan fingerprint density at radius 2 is 1.72 bits per heavy atom. The van der Waals surface area contributed by atoms with E-state index in [9.17, 15) is 13.2 Å². The molecule has 0 unspecified atom stereocenters. The number of aromatic nitrogens is 1. The van der Waals surface area contributed by atoms with Gasteiger partial charge in [-0.25, -0.2) is 8.42 Å². The van der Waals surface area contributed by atoms with E-state index < -0.39 is 10.0 Å². The van der Waals surface area contributed by atoms with Crippen LogP contribution in [-0.4, -0.2) is 36.3 Å². The van der Waals surface area contributed by atoms with Crippen molar-refractivity contribution in [3.8, 4) is 0 Å². The summed E-state index contributed by atoms with van der Waals surface area (Å²) < 4.78 is 28.8. The van der Waals surface area contributed by atoms with Gasteiger partial charge in [-0.05, 0) is 37.1 Å². The van der Waals surface area contributed by atoms with Gasteiger partial charge >= 0.3 is 0 Å². The maximum Gasteiger partial charge on any atom is 0.279 e. The second-order valence-corrected chi connectivity index (χ2v) is 8.87. The number of carbonyl (C=O) groups is 1. The van der Waals surface area contributed by atoms with Crippen LogP contribution in [0.1, 0.15) is 36.0 Å². The molecule has 6 nitrogen and oxygen atoms in total. The molecule has 25 heavy (non-hydrogen) atoms. The van der Waals surface area contributed by atoms with Gasteiger partial charge in [0.15, 0.2) is 4.80 Å². The van der Waals surface area contributed by atoms with Gasteiger partial charge in [0.05, 0.1) is 4.90 Å². The van der Waals surface area contributed by atoms with Crippen LogP contribution in [0.2, 0.25) is 0 Å². The topological polar surface area (TPSA) is 71.7 Å². The normalized spacial score (nSPS) is 17.4. The number of nitrogens with zero attached hydrogens (tertiary/aromatic N) is 3. The molecule has 3 rings (SSSR count). The number of hydrogen-bond donors (Lipinski definition) is 0. The van der Waals surface area contributed by atoms with Crippen LogP contribution in [-0.2, 0) is 17.1 Å². The average Bonchev–Trinajstić information content (AvgIpc) is 2.85. The van der Waals surface area contributed by atoms with E-state index in [4.69, 9.17) is 0 Å². The Morgan fingerprint density at radius 1 is 1.08 bits per heavy atom. The van der Waals surface area contributed by atoms with Gasteiger partial charge in [-0.3, -0.25) is 4.79 Å². The lowest BCUT2D eigenvalue weighted by molar-refractivity contribution is 0.0997. The molecule has 0 aliphatic carbocycles. The quantitative estimate of drug-likeness (QED) is 0.822. The van der Waals surface area contributed by atoms with Crippen molar-refractivity contribution in [2.24, 2.45) is 12.0 Å². The molecule has 0 N–H and O–H groups in total. The van der Waals surface area contributed by atoms with Gasteiger partial charge in [-0.2, -0.15) is 9.30 Å². The third-order valence-electron chi connectivity index (χ3n) is 4.26. The van der Waals surface area contributed by atoms with Gasteiger partial charge in [0.2, 0.25) is 10.0 Å². The van der Waals surface area contributed by atoms with Crippen LogP contribution in [0.25, 0.3) is 0 Å². The van der Waals surface area contributed by atoms with Crippen LogP contribution in [0.5, 0.6) is 0 Å². The van der Waals surface area contributed by atoms with Crippen molar-refractivity contribution >= 4 is 27.3 Å². The van der Waals surface area contributed by atoms with E-state index in [0.29, 0.717) is 23.5 Å². The maximum absolute atomic E-state index is 12.7. The molecule has 2 heterocycles. The number of benzene rings is 1. The van der Waals surface area contributed by atoms with Crippen LogP contribution in [0.3, 0.4) is 0 Å². The molecular formula is C17H21N3O3S2. The molecule has 0 spiro atoms. The first-order chi connectivity index (χ1) is 12.0. The summed E-state index contributed by atoms with van der Waals surface area (Å²) in [5.74, 6) is -0.378. The molecule has 0 saturated carbocycles. The second kappa shape index (κ2) is 7.63. The van der Waals surface area contributed by atoms with Crippen molar-refractivity contribution in [3.05, 3.63) is 46.2 Å². The second-order valence-electron chi connectivity index (χ2n) is 6.06. The first-order valence-corrected chi connectivity index (χ1v) is 10.6. The fraction of sp³-hybridized carbons (Fsp3) is 0.412. The van der Waals surface area contributed by atoms with Crippen LogP contribution in [0.4, 0.5) is 0 Å². The van der Waals surface area contributed by atoms with Crippen molar-refractivity contribution < 1.29 is 13.2 Å². The van der Waals surface area contributed by atoms with E-state index in [1.807, 2.05) is 18.6 Å². The van der Waals surface area contributed by atoms with E-state index in [-0.39, 0.29) is 10.8 Å². The number of thiazole rings is 1. The minimum atomic E-state index is -3.50. The van der Waals surface area contributed by atoms with E-state index in [0.717, 1.165) is 25.7 Å². The monoisotopic (exact) mass is 379 g/mol. The Bertz CT molecular complexity index is 903. The Morgan fingerprint density at radius 3 is 2.28 bits per heavy atom. The summed E-state index contributed by atoms with van der Waals surface area (Å²) in [6, 6.07) is 6.06. The number of rotatable bonds is 3. The van der Waals surface area contributed by atoms with Crippen LogP contribution < -0.4 is 4.80 Å². The lowest BCUT2D eigenvalue weighted by Crippen LogP contribution is -2.31. The summed E-state index contributed by atoms with van der Waals surface area (Å²) in [6.07, 6.45) is 5.76. The Hall–Kier alpha value is -1.77. The highest BCUT2D eigenvalue weighted by Gasteiger charge is 2.25. The van der Waals surface area contributed by atoms with Crippen molar-refractivity contribution in [2.75, 3.05) is 13.1 Å². The van der Waals surface area contributed by atoms with Gasteiger partial charge in [-0.15, -0.1) is 11.3 Å². The predicted octanol–water partition coefficient (Wildman–Crippen LogP) is 2.39. The highest BCUT2D eigenvalue weighted by atomic mass is 32.2. The zero-order chi connectivity index (χ0) is 17.9. The van der Waals surface area contributed by atoms with Crippen LogP contribution in [0, 0.1) is 0 Å². The molecule has 134 valence electrons. The molecule has 8 heteroatoms. The van der Waals surface area contributed by atoms with Gasteiger partial charge in [0.25, 0.3) is 5.91 Å². The molecule has 1 aliphatic rings. The summed E-state index contributed by atoms with van der Waals surface area (Å²) in [7, 11) is -1.68. The number of sulfonamides is 1. The van der Waals surface area contributed by atoms with E-state index in [1.165, 1.54) is 35.6 Å². The van der Waals surface area contributed by atoms with Crippen molar-refractivity contribution in [3.63, 3.8) is 0 Å². The van der Waals surface area contributed by atoms with Crippen LogP contribution >= 0.6 is 11.3 Å². The third-order valence-corrected chi connectivity index (χ3v) is 7.02. The number of amides is 1.